The number of hydrogen-bond acceptors (Lipinski definition) is 5. The molecule has 0 unspecified atom stereocenters. The SMILES string of the molecule is Cc1ccnc(N2CCN(C3CNC3)CC2)c1C(N)=O. The minimum Gasteiger partial charge on any atom is -0.365 e. The van der Waals surface area contributed by atoms with Crippen LogP contribution in [0.4, 0.5) is 5.82 Å². The van der Waals surface area contributed by atoms with Gasteiger partial charge in [0.2, 0.25) is 0 Å². The summed E-state index contributed by atoms with van der Waals surface area (Å²) >= 11 is 0. The third-order valence-corrected chi connectivity index (χ3v) is 4.28. The van der Waals surface area contributed by atoms with Crippen molar-refractivity contribution in [3.05, 3.63) is 23.4 Å². The summed E-state index contributed by atoms with van der Waals surface area (Å²) in [5, 5.41) is 3.30. The topological polar surface area (TPSA) is 74.5 Å². The van der Waals surface area contributed by atoms with Crippen LogP contribution in [0, 0.1) is 6.92 Å². The molecule has 6 heteroatoms. The van der Waals surface area contributed by atoms with Gasteiger partial charge in [0.05, 0.1) is 5.56 Å². The van der Waals surface area contributed by atoms with Crippen molar-refractivity contribution in [2.45, 2.75) is 13.0 Å². The number of primary amides is 1. The average molecular weight is 275 g/mol. The maximum atomic E-state index is 11.7. The molecule has 0 atom stereocenters. The minimum absolute atomic E-state index is 0.392. The van der Waals surface area contributed by atoms with E-state index < -0.39 is 5.91 Å². The monoisotopic (exact) mass is 275 g/mol. The van der Waals surface area contributed by atoms with Crippen LogP contribution >= 0.6 is 0 Å². The van der Waals surface area contributed by atoms with Crippen molar-refractivity contribution in [1.82, 2.24) is 15.2 Å². The predicted octanol–water partition coefficient (Wildman–Crippen LogP) is -0.417. The van der Waals surface area contributed by atoms with Crippen molar-refractivity contribution in [2.75, 3.05) is 44.2 Å². The highest BCUT2D eigenvalue weighted by atomic mass is 16.1. The molecule has 1 amide bonds. The summed E-state index contributed by atoms with van der Waals surface area (Å²) in [6, 6.07) is 2.51. The van der Waals surface area contributed by atoms with Crippen LogP contribution in [0.5, 0.6) is 0 Å². The number of carbonyl (C=O) groups is 1. The maximum Gasteiger partial charge on any atom is 0.252 e. The van der Waals surface area contributed by atoms with Gasteiger partial charge in [-0.05, 0) is 18.6 Å². The largest absolute Gasteiger partial charge is 0.365 e. The van der Waals surface area contributed by atoms with Crippen molar-refractivity contribution in [1.29, 1.82) is 0 Å². The van der Waals surface area contributed by atoms with Crippen molar-refractivity contribution in [2.24, 2.45) is 5.73 Å². The lowest BCUT2D eigenvalue weighted by Crippen LogP contribution is -2.61. The molecule has 1 aromatic rings. The first-order valence-electron chi connectivity index (χ1n) is 7.12. The van der Waals surface area contributed by atoms with Crippen molar-refractivity contribution >= 4 is 11.7 Å². The Balaban J connectivity index is 1.74. The molecule has 6 nitrogen and oxygen atoms in total. The molecule has 3 heterocycles. The van der Waals surface area contributed by atoms with Gasteiger partial charge in [-0.15, -0.1) is 0 Å². The van der Waals surface area contributed by atoms with E-state index in [2.05, 4.69) is 20.1 Å². The second-order valence-corrected chi connectivity index (χ2v) is 5.53. The van der Waals surface area contributed by atoms with Gasteiger partial charge in [-0.1, -0.05) is 0 Å². The number of nitrogens with one attached hydrogen (secondary N) is 1. The van der Waals surface area contributed by atoms with Crippen LogP contribution in [0.2, 0.25) is 0 Å². The van der Waals surface area contributed by atoms with Crippen LogP contribution in [-0.2, 0) is 0 Å². The third-order valence-electron chi connectivity index (χ3n) is 4.28. The van der Waals surface area contributed by atoms with E-state index in [4.69, 9.17) is 5.73 Å². The fourth-order valence-electron chi connectivity index (χ4n) is 2.92. The van der Waals surface area contributed by atoms with Gasteiger partial charge in [-0.2, -0.15) is 0 Å². The predicted molar refractivity (Wildman–Crippen MR) is 77.9 cm³/mol. The van der Waals surface area contributed by atoms with E-state index in [9.17, 15) is 4.79 Å². The lowest BCUT2D eigenvalue weighted by atomic mass is 10.1. The van der Waals surface area contributed by atoms with Crippen LogP contribution < -0.4 is 16.0 Å². The van der Waals surface area contributed by atoms with Gasteiger partial charge in [0, 0.05) is 51.5 Å². The second kappa shape index (κ2) is 5.38. The second-order valence-electron chi connectivity index (χ2n) is 5.53. The first-order chi connectivity index (χ1) is 9.66. The summed E-state index contributed by atoms with van der Waals surface area (Å²) < 4.78 is 0. The van der Waals surface area contributed by atoms with Crippen LogP contribution in [0.3, 0.4) is 0 Å². The first-order valence-corrected chi connectivity index (χ1v) is 7.12. The highest BCUT2D eigenvalue weighted by Crippen LogP contribution is 2.22. The van der Waals surface area contributed by atoms with E-state index in [1.165, 1.54) is 0 Å². The Bertz CT molecular complexity index is 506. The molecule has 2 aliphatic rings. The van der Waals surface area contributed by atoms with Gasteiger partial charge >= 0.3 is 0 Å². The molecule has 2 aliphatic heterocycles. The van der Waals surface area contributed by atoms with Gasteiger partial charge in [0.1, 0.15) is 5.82 Å². The molecule has 0 radical (unpaired) electrons. The zero-order valence-electron chi connectivity index (χ0n) is 11.8. The fraction of sp³-hybridized carbons (Fsp3) is 0.571. The summed E-state index contributed by atoms with van der Waals surface area (Å²) in [7, 11) is 0. The van der Waals surface area contributed by atoms with Crippen molar-refractivity contribution in [3.63, 3.8) is 0 Å². The Morgan fingerprint density at radius 2 is 2.05 bits per heavy atom. The van der Waals surface area contributed by atoms with E-state index in [1.807, 2.05) is 13.0 Å². The highest BCUT2D eigenvalue weighted by molar-refractivity contribution is 5.99. The Morgan fingerprint density at radius 3 is 2.60 bits per heavy atom. The Kier molecular flexibility index (Phi) is 3.58. The molecule has 2 saturated heterocycles. The molecule has 2 fully saturated rings. The van der Waals surface area contributed by atoms with Crippen molar-refractivity contribution < 1.29 is 4.79 Å². The lowest BCUT2D eigenvalue weighted by Gasteiger charge is -2.43. The Labute approximate surface area is 118 Å². The van der Waals surface area contributed by atoms with E-state index >= 15 is 0 Å². The minimum atomic E-state index is -0.392. The zero-order chi connectivity index (χ0) is 14.1. The van der Waals surface area contributed by atoms with E-state index in [-0.39, 0.29) is 0 Å². The van der Waals surface area contributed by atoms with Crippen LogP contribution in [0.1, 0.15) is 15.9 Å². The standard InChI is InChI=1S/C14H21N5O/c1-10-2-3-17-14(12(10)13(15)20)19-6-4-18(5-7-19)11-8-16-9-11/h2-3,11,16H,4-9H2,1H3,(H2,15,20). The fourth-order valence-corrected chi connectivity index (χ4v) is 2.92. The Hall–Kier alpha value is -1.66. The molecular formula is C14H21N5O. The molecule has 20 heavy (non-hydrogen) atoms. The van der Waals surface area contributed by atoms with Crippen LogP contribution in [0.25, 0.3) is 0 Å². The summed E-state index contributed by atoms with van der Waals surface area (Å²) in [5.74, 6) is 0.347. The number of nitrogens with two attached hydrogens (primary N) is 1. The normalized spacial score (nSPS) is 20.8. The Morgan fingerprint density at radius 1 is 1.35 bits per heavy atom. The quantitative estimate of drug-likeness (QED) is 0.784. The zero-order valence-corrected chi connectivity index (χ0v) is 11.8. The van der Waals surface area contributed by atoms with E-state index in [1.54, 1.807) is 6.20 Å². The smallest absolute Gasteiger partial charge is 0.252 e. The molecule has 0 spiro atoms. The summed E-state index contributed by atoms with van der Waals surface area (Å²) in [6.45, 7) is 7.91. The number of aryl methyl sites for hydroxylation is 1. The summed E-state index contributed by atoms with van der Waals surface area (Å²) in [4.78, 5) is 20.7. The van der Waals surface area contributed by atoms with Gasteiger partial charge in [0.15, 0.2) is 0 Å². The number of hydrogen-bond donors (Lipinski definition) is 2. The van der Waals surface area contributed by atoms with Crippen LogP contribution in [-0.4, -0.2) is 61.1 Å². The van der Waals surface area contributed by atoms with Gasteiger partial charge < -0.3 is 16.0 Å². The van der Waals surface area contributed by atoms with E-state index in [0.29, 0.717) is 11.6 Å². The number of carbonyl (C=O) groups excluding carboxylic acids is 1. The van der Waals surface area contributed by atoms with E-state index in [0.717, 1.165) is 50.6 Å². The average Bonchev–Trinajstić information content (AvgIpc) is 2.37. The molecule has 3 rings (SSSR count). The number of nitrogens with zero attached hydrogens (tertiary/aromatic N) is 3. The third kappa shape index (κ3) is 2.36. The molecular weight excluding hydrogens is 254 g/mol. The molecule has 3 N–H and O–H groups in total. The van der Waals surface area contributed by atoms with Crippen LogP contribution in [0.15, 0.2) is 12.3 Å². The summed E-state index contributed by atoms with van der Waals surface area (Å²) in [5.41, 5.74) is 6.96. The van der Waals surface area contributed by atoms with Gasteiger partial charge in [-0.25, -0.2) is 4.98 Å². The van der Waals surface area contributed by atoms with Gasteiger partial charge in [0.25, 0.3) is 5.91 Å². The van der Waals surface area contributed by atoms with Crippen molar-refractivity contribution in [3.8, 4) is 0 Å². The highest BCUT2D eigenvalue weighted by Gasteiger charge is 2.29. The molecule has 0 bridgehead atoms. The maximum absolute atomic E-state index is 11.7. The summed E-state index contributed by atoms with van der Waals surface area (Å²) in [6.07, 6.45) is 1.75. The molecule has 0 aromatic carbocycles. The number of anilines is 1. The van der Waals surface area contributed by atoms with Gasteiger partial charge in [-0.3, -0.25) is 9.69 Å². The number of piperazine rings is 1. The lowest BCUT2D eigenvalue weighted by molar-refractivity contribution is 0.0999. The molecule has 1 aromatic heterocycles. The first kappa shape index (κ1) is 13.3. The molecule has 108 valence electrons. The number of pyridine rings is 1. The number of aromatic nitrogens is 1. The molecule has 0 saturated carbocycles. The number of amides is 1. The molecule has 0 aliphatic carbocycles. The number of rotatable bonds is 3.